The molecule has 2 aromatic rings. The van der Waals surface area contributed by atoms with E-state index in [9.17, 15) is 14.4 Å². The summed E-state index contributed by atoms with van der Waals surface area (Å²) in [6, 6.07) is 16.4. The molecule has 0 fully saturated rings. The molecule has 2 amide bonds. The Morgan fingerprint density at radius 3 is 2.17 bits per heavy atom. The number of hydrogen-bond acceptors (Lipinski definition) is 4. The standard InChI is InChI=1S/C21H22N4O4/c1-15(19(26)13-23-22)24-20(27)18(12-16-8-4-2-5-9-16)25-21(28)29-14-17-10-6-3-7-11-17/h2-11,13,15,18H,12,14H2,1H3,(H,24,27)(H,25,28)/t15-,18-/m0/s1. The molecule has 2 atom stereocenters. The minimum absolute atomic E-state index is 0.0637. The smallest absolute Gasteiger partial charge is 0.408 e. The highest BCUT2D eigenvalue weighted by Crippen LogP contribution is 2.06. The van der Waals surface area contributed by atoms with Crippen LogP contribution < -0.4 is 10.6 Å². The van der Waals surface area contributed by atoms with Gasteiger partial charge in [0.1, 0.15) is 12.6 Å². The number of rotatable bonds is 9. The Balaban J connectivity index is 2.03. The summed E-state index contributed by atoms with van der Waals surface area (Å²) in [6.07, 6.45) is 0.168. The fourth-order valence-corrected chi connectivity index (χ4v) is 2.52. The fourth-order valence-electron chi connectivity index (χ4n) is 2.52. The van der Waals surface area contributed by atoms with Crippen LogP contribution in [0.15, 0.2) is 60.7 Å². The molecule has 0 spiro atoms. The van der Waals surface area contributed by atoms with Crippen molar-refractivity contribution in [1.29, 1.82) is 0 Å². The summed E-state index contributed by atoms with van der Waals surface area (Å²) in [4.78, 5) is 39.2. The minimum Gasteiger partial charge on any atom is -0.445 e. The average Bonchev–Trinajstić information content (AvgIpc) is 2.73. The SMILES string of the molecule is C[C@H](NC(=O)[C@H](Cc1ccccc1)NC(=O)OCc1ccccc1)C(=O)C=[N+]=[N-]. The fraction of sp³-hybridized carbons (Fsp3) is 0.238. The number of ketones is 1. The van der Waals surface area contributed by atoms with Gasteiger partial charge >= 0.3 is 12.3 Å². The van der Waals surface area contributed by atoms with Crippen LogP contribution in [-0.2, 0) is 27.4 Å². The Bertz CT molecular complexity index is 880. The van der Waals surface area contributed by atoms with Crippen LogP contribution in [0.5, 0.6) is 0 Å². The van der Waals surface area contributed by atoms with Crippen LogP contribution >= 0.6 is 0 Å². The van der Waals surface area contributed by atoms with Crippen molar-refractivity contribution in [3.63, 3.8) is 0 Å². The van der Waals surface area contributed by atoms with E-state index in [1.54, 1.807) is 0 Å². The van der Waals surface area contributed by atoms with Crippen molar-refractivity contribution in [3.05, 3.63) is 77.3 Å². The molecule has 0 bridgehead atoms. The molecule has 0 saturated carbocycles. The van der Waals surface area contributed by atoms with Gasteiger partial charge in [-0.25, -0.2) is 4.79 Å². The van der Waals surface area contributed by atoms with Crippen LogP contribution in [-0.4, -0.2) is 40.9 Å². The van der Waals surface area contributed by atoms with Crippen molar-refractivity contribution in [2.45, 2.75) is 32.0 Å². The number of nitrogens with one attached hydrogen (secondary N) is 2. The maximum atomic E-state index is 12.6. The zero-order valence-electron chi connectivity index (χ0n) is 15.9. The lowest BCUT2D eigenvalue weighted by Crippen LogP contribution is -2.52. The molecule has 2 N–H and O–H groups in total. The summed E-state index contributed by atoms with van der Waals surface area (Å²) in [5.74, 6) is -1.14. The molecule has 0 heterocycles. The normalized spacial score (nSPS) is 12.0. The van der Waals surface area contributed by atoms with E-state index in [4.69, 9.17) is 10.3 Å². The molecule has 0 saturated heterocycles. The number of alkyl carbamates (subject to hydrolysis) is 1. The van der Waals surface area contributed by atoms with E-state index >= 15 is 0 Å². The molecule has 0 radical (unpaired) electrons. The average molecular weight is 394 g/mol. The van der Waals surface area contributed by atoms with Crippen molar-refractivity contribution in [2.24, 2.45) is 0 Å². The molecule has 0 unspecified atom stereocenters. The summed E-state index contributed by atoms with van der Waals surface area (Å²) in [5.41, 5.74) is 10.1. The van der Waals surface area contributed by atoms with Crippen LogP contribution in [0.25, 0.3) is 5.53 Å². The number of nitrogens with zero attached hydrogens (tertiary/aromatic N) is 2. The zero-order valence-corrected chi connectivity index (χ0v) is 15.9. The van der Waals surface area contributed by atoms with Gasteiger partial charge < -0.3 is 20.9 Å². The monoisotopic (exact) mass is 394 g/mol. The molecule has 29 heavy (non-hydrogen) atoms. The quantitative estimate of drug-likeness (QED) is 0.383. The van der Waals surface area contributed by atoms with Crippen molar-refractivity contribution < 1.29 is 23.9 Å². The Morgan fingerprint density at radius 1 is 1.00 bits per heavy atom. The number of amides is 2. The molecule has 2 rings (SSSR count). The number of ether oxygens (including phenoxy) is 1. The first kappa shape index (κ1) is 21.5. The van der Waals surface area contributed by atoms with E-state index in [0.717, 1.165) is 11.1 Å². The molecule has 0 aliphatic rings. The minimum atomic E-state index is -0.956. The maximum Gasteiger partial charge on any atom is 0.408 e. The third-order valence-corrected chi connectivity index (χ3v) is 4.07. The first-order valence-electron chi connectivity index (χ1n) is 9.02. The van der Waals surface area contributed by atoms with Crippen molar-refractivity contribution in [3.8, 4) is 0 Å². The van der Waals surface area contributed by atoms with Crippen LogP contribution in [0, 0.1) is 0 Å². The highest BCUT2D eigenvalue weighted by atomic mass is 16.5. The van der Waals surface area contributed by atoms with Crippen LogP contribution in [0.2, 0.25) is 0 Å². The van der Waals surface area contributed by atoms with Gasteiger partial charge in [0, 0.05) is 6.42 Å². The molecule has 0 aromatic heterocycles. The van der Waals surface area contributed by atoms with Gasteiger partial charge in [-0.05, 0) is 18.1 Å². The maximum absolute atomic E-state index is 12.6. The molecule has 0 aliphatic carbocycles. The van der Waals surface area contributed by atoms with Crippen molar-refractivity contribution in [1.82, 2.24) is 10.6 Å². The summed E-state index contributed by atoms with van der Waals surface area (Å²) >= 11 is 0. The number of Topliss-reactive ketones (excluding diaryl/α,β-unsaturated/α-hetero) is 1. The topological polar surface area (TPSA) is 121 Å². The van der Waals surface area contributed by atoms with Crippen LogP contribution in [0.1, 0.15) is 18.1 Å². The Labute approximate surface area is 168 Å². The van der Waals surface area contributed by atoms with Crippen LogP contribution in [0.4, 0.5) is 4.79 Å². The zero-order chi connectivity index (χ0) is 21.1. The van der Waals surface area contributed by atoms with E-state index in [0.29, 0.717) is 6.21 Å². The first-order valence-corrected chi connectivity index (χ1v) is 9.02. The first-order chi connectivity index (χ1) is 14.0. The van der Waals surface area contributed by atoms with Crippen molar-refractivity contribution >= 4 is 24.0 Å². The molecular weight excluding hydrogens is 372 g/mol. The molecule has 150 valence electrons. The van der Waals surface area contributed by atoms with Gasteiger partial charge in [0.25, 0.3) is 5.78 Å². The highest BCUT2D eigenvalue weighted by Gasteiger charge is 2.25. The molecular formula is C21H22N4O4. The van der Waals surface area contributed by atoms with E-state index in [2.05, 4.69) is 15.4 Å². The van der Waals surface area contributed by atoms with Gasteiger partial charge in [-0.15, -0.1) is 0 Å². The lowest BCUT2D eigenvalue weighted by molar-refractivity contribution is -0.127. The van der Waals surface area contributed by atoms with E-state index in [1.165, 1.54) is 6.92 Å². The largest absolute Gasteiger partial charge is 0.445 e. The van der Waals surface area contributed by atoms with E-state index < -0.39 is 29.9 Å². The van der Waals surface area contributed by atoms with Gasteiger partial charge in [-0.3, -0.25) is 9.59 Å². The Morgan fingerprint density at radius 2 is 1.59 bits per heavy atom. The Kier molecular flexibility index (Phi) is 8.28. The van der Waals surface area contributed by atoms with Gasteiger partial charge in [0.15, 0.2) is 0 Å². The lowest BCUT2D eigenvalue weighted by Gasteiger charge is -2.20. The predicted molar refractivity (Wildman–Crippen MR) is 106 cm³/mol. The highest BCUT2D eigenvalue weighted by molar-refractivity contribution is 6.28. The van der Waals surface area contributed by atoms with Crippen LogP contribution in [0.3, 0.4) is 0 Å². The molecule has 8 nitrogen and oxygen atoms in total. The van der Waals surface area contributed by atoms with Gasteiger partial charge in [-0.2, -0.15) is 4.79 Å². The van der Waals surface area contributed by atoms with Gasteiger partial charge in [0.05, 0.1) is 6.04 Å². The molecule has 8 heteroatoms. The summed E-state index contributed by atoms with van der Waals surface area (Å²) in [5, 5.41) is 5.05. The second-order valence-corrected chi connectivity index (χ2v) is 6.33. The van der Waals surface area contributed by atoms with E-state index in [1.807, 2.05) is 60.7 Å². The second-order valence-electron chi connectivity index (χ2n) is 6.33. The molecule has 2 aromatic carbocycles. The van der Waals surface area contributed by atoms with Gasteiger partial charge in [-0.1, -0.05) is 60.7 Å². The molecule has 0 aliphatic heterocycles. The summed E-state index contributed by atoms with van der Waals surface area (Å²) in [7, 11) is 0. The number of benzene rings is 2. The van der Waals surface area contributed by atoms with Crippen molar-refractivity contribution in [2.75, 3.05) is 0 Å². The Hall–Kier alpha value is -3.77. The second kappa shape index (κ2) is 11.2. The third-order valence-electron chi connectivity index (χ3n) is 4.07. The summed E-state index contributed by atoms with van der Waals surface area (Å²) < 4.78 is 5.19. The third kappa shape index (κ3) is 7.40. The van der Waals surface area contributed by atoms with E-state index in [-0.39, 0.29) is 13.0 Å². The number of carbonyl (C=O) groups is 3. The lowest BCUT2D eigenvalue weighted by atomic mass is 10.0. The van der Waals surface area contributed by atoms with Gasteiger partial charge in [0.2, 0.25) is 5.91 Å². The predicted octanol–water partition coefficient (Wildman–Crippen LogP) is 1.90. The number of carbonyl (C=O) groups excluding carboxylic acids is 3. The summed E-state index contributed by atoms with van der Waals surface area (Å²) in [6.45, 7) is 1.52. The number of hydrogen-bond donors (Lipinski definition) is 2.